The van der Waals surface area contributed by atoms with Crippen molar-refractivity contribution < 1.29 is 0 Å². The van der Waals surface area contributed by atoms with E-state index in [0.29, 0.717) is 0 Å². The summed E-state index contributed by atoms with van der Waals surface area (Å²) in [5, 5.41) is 0. The van der Waals surface area contributed by atoms with E-state index in [1.54, 1.807) is 0 Å². The van der Waals surface area contributed by atoms with Crippen molar-refractivity contribution in [2.24, 2.45) is 9.98 Å². The van der Waals surface area contributed by atoms with Gasteiger partial charge in [-0.25, -0.2) is 0 Å². The zero-order valence-electron chi connectivity index (χ0n) is 13.3. The van der Waals surface area contributed by atoms with Gasteiger partial charge in [-0.2, -0.15) is 0 Å². The van der Waals surface area contributed by atoms with Crippen LogP contribution in [0.1, 0.15) is 25.0 Å². The molecule has 2 aromatic rings. The molecule has 0 saturated heterocycles. The SMILES string of the molecule is CC(=Nc1ccccc1C)C(C)=Nc1ccccc1C.Cl.Cl. The minimum absolute atomic E-state index is 0. The fourth-order valence-electron chi connectivity index (χ4n) is 1.90. The molecule has 0 heterocycles. The molecule has 118 valence electrons. The summed E-state index contributed by atoms with van der Waals surface area (Å²) < 4.78 is 0. The third kappa shape index (κ3) is 5.28. The van der Waals surface area contributed by atoms with Crippen molar-refractivity contribution in [1.82, 2.24) is 0 Å². The molecule has 0 atom stereocenters. The van der Waals surface area contributed by atoms with Crippen LogP contribution in [0.25, 0.3) is 0 Å². The minimum atomic E-state index is 0. The number of aryl methyl sites for hydroxylation is 2. The molecule has 0 aliphatic carbocycles. The highest BCUT2D eigenvalue weighted by atomic mass is 35.5. The van der Waals surface area contributed by atoms with Gasteiger partial charge in [-0.1, -0.05) is 36.4 Å². The first-order chi connectivity index (χ1) is 9.58. The Morgan fingerprint density at radius 2 is 0.955 bits per heavy atom. The maximum absolute atomic E-state index is 4.67. The standard InChI is InChI=1S/C18H20N2.2ClH/c1-13-9-5-7-11-17(13)19-15(3)16(4)20-18-12-8-6-10-14(18)2;;/h5-12H,1-4H3;2*1H. The molecule has 0 unspecified atom stereocenters. The Morgan fingerprint density at radius 3 is 1.27 bits per heavy atom. The molecule has 0 amide bonds. The number of para-hydroxylation sites is 2. The van der Waals surface area contributed by atoms with Crippen LogP contribution in [0.3, 0.4) is 0 Å². The molecular weight excluding hydrogens is 315 g/mol. The van der Waals surface area contributed by atoms with Crippen molar-refractivity contribution in [2.45, 2.75) is 27.7 Å². The highest BCUT2D eigenvalue weighted by Gasteiger charge is 2.01. The lowest BCUT2D eigenvalue weighted by molar-refractivity contribution is 1.38. The molecule has 4 heteroatoms. The molecule has 22 heavy (non-hydrogen) atoms. The average molecular weight is 337 g/mol. The van der Waals surface area contributed by atoms with Crippen molar-refractivity contribution in [3.8, 4) is 0 Å². The zero-order chi connectivity index (χ0) is 14.5. The van der Waals surface area contributed by atoms with Crippen molar-refractivity contribution in [2.75, 3.05) is 0 Å². The quantitative estimate of drug-likeness (QED) is 0.611. The molecule has 0 N–H and O–H groups in total. The summed E-state index contributed by atoms with van der Waals surface area (Å²) in [4.78, 5) is 9.34. The maximum atomic E-state index is 4.67. The lowest BCUT2D eigenvalue weighted by Crippen LogP contribution is -2.04. The molecule has 2 nitrogen and oxygen atoms in total. The molecule has 0 aliphatic heterocycles. The largest absolute Gasteiger partial charge is 0.252 e. The predicted molar refractivity (Wildman–Crippen MR) is 102 cm³/mol. The van der Waals surface area contributed by atoms with E-state index in [-0.39, 0.29) is 24.8 Å². The van der Waals surface area contributed by atoms with Gasteiger partial charge in [0.05, 0.1) is 22.8 Å². The summed E-state index contributed by atoms with van der Waals surface area (Å²) in [6.07, 6.45) is 0. The summed E-state index contributed by atoms with van der Waals surface area (Å²) in [6.45, 7) is 8.15. The summed E-state index contributed by atoms with van der Waals surface area (Å²) in [7, 11) is 0. The van der Waals surface area contributed by atoms with Gasteiger partial charge in [-0.15, -0.1) is 24.8 Å². The molecule has 0 radical (unpaired) electrons. The van der Waals surface area contributed by atoms with Crippen LogP contribution in [0.15, 0.2) is 58.5 Å². The minimum Gasteiger partial charge on any atom is -0.252 e. The number of halogens is 2. The zero-order valence-corrected chi connectivity index (χ0v) is 15.0. The Labute approximate surface area is 145 Å². The number of benzene rings is 2. The van der Waals surface area contributed by atoms with Crippen LogP contribution >= 0.6 is 24.8 Å². The molecule has 0 aliphatic rings. The fraction of sp³-hybridized carbons (Fsp3) is 0.222. The second-order valence-corrected chi connectivity index (χ2v) is 4.97. The van der Waals surface area contributed by atoms with Crippen LogP contribution in [-0.2, 0) is 0 Å². The Morgan fingerprint density at radius 1 is 0.636 bits per heavy atom. The first-order valence-corrected chi connectivity index (χ1v) is 6.80. The van der Waals surface area contributed by atoms with E-state index < -0.39 is 0 Å². The van der Waals surface area contributed by atoms with Gasteiger partial charge >= 0.3 is 0 Å². The molecule has 0 fully saturated rings. The van der Waals surface area contributed by atoms with Crippen molar-refractivity contribution in [3.63, 3.8) is 0 Å². The Kier molecular flexibility index (Phi) is 8.69. The summed E-state index contributed by atoms with van der Waals surface area (Å²) in [5.74, 6) is 0. The second kappa shape index (κ2) is 9.39. The van der Waals surface area contributed by atoms with Gasteiger partial charge in [0.2, 0.25) is 0 Å². The smallest absolute Gasteiger partial charge is 0.0662 e. The number of hydrogen-bond acceptors (Lipinski definition) is 2. The molecule has 0 bridgehead atoms. The Balaban J connectivity index is 0.00000220. The summed E-state index contributed by atoms with van der Waals surface area (Å²) >= 11 is 0. The first-order valence-electron chi connectivity index (χ1n) is 6.80. The van der Waals surface area contributed by atoms with Crippen LogP contribution in [0.2, 0.25) is 0 Å². The van der Waals surface area contributed by atoms with E-state index in [1.165, 1.54) is 11.1 Å². The number of nitrogens with zero attached hydrogens (tertiary/aromatic N) is 2. The van der Waals surface area contributed by atoms with Gasteiger partial charge in [0, 0.05) is 0 Å². The third-order valence-electron chi connectivity index (χ3n) is 3.33. The lowest BCUT2D eigenvalue weighted by atomic mass is 10.2. The van der Waals surface area contributed by atoms with Gasteiger partial charge < -0.3 is 0 Å². The fourth-order valence-corrected chi connectivity index (χ4v) is 1.90. The second-order valence-electron chi connectivity index (χ2n) is 4.97. The number of hydrogen-bond donors (Lipinski definition) is 0. The number of aliphatic imine (C=N–C) groups is 2. The predicted octanol–water partition coefficient (Wildman–Crippen LogP) is 6.03. The van der Waals surface area contributed by atoms with E-state index in [2.05, 4.69) is 36.0 Å². The van der Waals surface area contributed by atoms with Gasteiger partial charge in [0.1, 0.15) is 0 Å². The van der Waals surface area contributed by atoms with Crippen LogP contribution in [-0.4, -0.2) is 11.4 Å². The molecule has 0 aromatic heterocycles. The van der Waals surface area contributed by atoms with Crippen LogP contribution in [0.4, 0.5) is 11.4 Å². The average Bonchev–Trinajstić information content (AvgIpc) is 2.43. The van der Waals surface area contributed by atoms with Crippen LogP contribution in [0, 0.1) is 13.8 Å². The Hall–Kier alpha value is -1.64. The maximum Gasteiger partial charge on any atom is 0.0662 e. The van der Waals surface area contributed by atoms with Crippen molar-refractivity contribution >= 4 is 47.6 Å². The summed E-state index contributed by atoms with van der Waals surface area (Å²) in [5.41, 5.74) is 6.25. The van der Waals surface area contributed by atoms with Gasteiger partial charge in [0.15, 0.2) is 0 Å². The van der Waals surface area contributed by atoms with Gasteiger partial charge in [-0.3, -0.25) is 9.98 Å². The van der Waals surface area contributed by atoms with Gasteiger partial charge in [0.25, 0.3) is 0 Å². The van der Waals surface area contributed by atoms with Crippen molar-refractivity contribution in [3.05, 3.63) is 59.7 Å². The van der Waals surface area contributed by atoms with Crippen LogP contribution in [0.5, 0.6) is 0 Å². The normalized spacial score (nSPS) is 11.5. The van der Waals surface area contributed by atoms with E-state index in [1.807, 2.05) is 50.2 Å². The molecule has 0 saturated carbocycles. The third-order valence-corrected chi connectivity index (χ3v) is 3.33. The molecule has 0 spiro atoms. The van der Waals surface area contributed by atoms with Crippen LogP contribution < -0.4 is 0 Å². The highest BCUT2D eigenvalue weighted by molar-refractivity contribution is 6.41. The van der Waals surface area contributed by atoms with E-state index in [0.717, 1.165) is 22.8 Å². The lowest BCUT2D eigenvalue weighted by Gasteiger charge is -2.05. The van der Waals surface area contributed by atoms with E-state index >= 15 is 0 Å². The number of rotatable bonds is 3. The van der Waals surface area contributed by atoms with Gasteiger partial charge in [-0.05, 0) is 51.0 Å². The van der Waals surface area contributed by atoms with Crippen molar-refractivity contribution in [1.29, 1.82) is 0 Å². The van der Waals surface area contributed by atoms with E-state index in [4.69, 9.17) is 0 Å². The van der Waals surface area contributed by atoms with E-state index in [9.17, 15) is 0 Å². The highest BCUT2D eigenvalue weighted by Crippen LogP contribution is 2.20. The Bertz CT molecular complexity index is 617. The molecule has 2 aromatic carbocycles. The molecular formula is C18H22Cl2N2. The topological polar surface area (TPSA) is 24.7 Å². The monoisotopic (exact) mass is 336 g/mol. The summed E-state index contributed by atoms with van der Waals surface area (Å²) in [6, 6.07) is 16.3. The molecule has 2 rings (SSSR count). The first kappa shape index (κ1) is 20.4.